The Kier molecular flexibility index (Phi) is 7.32. The molecule has 4 unspecified atom stereocenters. The summed E-state index contributed by atoms with van der Waals surface area (Å²) in [5.41, 5.74) is -1.05. The summed E-state index contributed by atoms with van der Waals surface area (Å²) >= 11 is 0. The summed E-state index contributed by atoms with van der Waals surface area (Å²) in [7, 11) is 0. The molecule has 13 heteroatoms. The lowest BCUT2D eigenvalue weighted by atomic mass is 9.91. The van der Waals surface area contributed by atoms with Crippen molar-refractivity contribution in [1.29, 1.82) is 0 Å². The molecule has 3 aromatic carbocycles. The van der Waals surface area contributed by atoms with Gasteiger partial charge < -0.3 is 53.3 Å². The molecule has 0 bridgehead atoms. The molecule has 0 aliphatic carbocycles. The van der Waals surface area contributed by atoms with Gasteiger partial charge >= 0.3 is 11.3 Å². The zero-order valence-electron chi connectivity index (χ0n) is 24.9. The lowest BCUT2D eigenvalue weighted by molar-refractivity contribution is -0.346. The predicted octanol–water partition coefficient (Wildman–Crippen LogP) is 2.33. The Morgan fingerprint density at radius 3 is 2.24 bits per heavy atom. The van der Waals surface area contributed by atoms with Crippen LogP contribution in [0.15, 0.2) is 55.3 Å². The number of ether oxygens (including phenoxy) is 4. The van der Waals surface area contributed by atoms with Crippen molar-refractivity contribution in [2.45, 2.75) is 76.1 Å². The van der Waals surface area contributed by atoms with Crippen LogP contribution in [-0.4, -0.2) is 80.8 Å². The molecule has 13 nitrogen and oxygen atoms in total. The van der Waals surface area contributed by atoms with Crippen molar-refractivity contribution >= 4 is 49.6 Å². The van der Waals surface area contributed by atoms with Crippen LogP contribution >= 0.6 is 0 Å². The van der Waals surface area contributed by atoms with E-state index in [9.17, 15) is 35.1 Å². The molecule has 0 amide bonds. The number of phenolic OH excluding ortho intramolecular Hbond substituents is 1. The summed E-state index contributed by atoms with van der Waals surface area (Å²) < 4.78 is 35.2. The summed E-state index contributed by atoms with van der Waals surface area (Å²) in [4.78, 5) is 26.6. The van der Waals surface area contributed by atoms with Crippen LogP contribution in [-0.2, 0) is 14.2 Å². The van der Waals surface area contributed by atoms with Gasteiger partial charge in [0.1, 0.15) is 40.8 Å². The van der Waals surface area contributed by atoms with Crippen molar-refractivity contribution < 1.29 is 53.3 Å². The van der Waals surface area contributed by atoms with E-state index in [1.807, 2.05) is 0 Å². The number of aliphatic hydroxyl groups excluding tert-OH is 4. The third-order valence-electron chi connectivity index (χ3n) is 9.16. The van der Waals surface area contributed by atoms with Crippen LogP contribution in [0.25, 0.3) is 49.6 Å². The topological polar surface area (TPSA) is 198 Å². The maximum atomic E-state index is 13.4. The summed E-state index contributed by atoms with van der Waals surface area (Å²) in [6.07, 6.45) is -9.59. The van der Waals surface area contributed by atoms with Crippen molar-refractivity contribution in [3.8, 4) is 11.5 Å². The van der Waals surface area contributed by atoms with Gasteiger partial charge in [-0.2, -0.15) is 0 Å². The maximum Gasteiger partial charge on any atom is 0.348 e. The Morgan fingerprint density at radius 2 is 1.50 bits per heavy atom. The third kappa shape index (κ3) is 4.50. The van der Waals surface area contributed by atoms with Gasteiger partial charge in [0.15, 0.2) is 18.0 Å². The number of hydrogen-bond donors (Lipinski definition) is 5. The third-order valence-corrected chi connectivity index (χ3v) is 9.16. The largest absolute Gasteiger partial charge is 0.506 e. The number of hydrogen-bond acceptors (Lipinski definition) is 13. The second-order valence-corrected chi connectivity index (χ2v) is 12.0. The number of fused-ring (bicyclic) bond motifs is 2. The first-order chi connectivity index (χ1) is 21.9. The van der Waals surface area contributed by atoms with Gasteiger partial charge in [0, 0.05) is 22.1 Å². The van der Waals surface area contributed by atoms with Crippen LogP contribution in [0.2, 0.25) is 0 Å². The number of aromatic hydroxyl groups is 1. The van der Waals surface area contributed by atoms with Crippen LogP contribution in [0.4, 0.5) is 0 Å². The number of benzene rings is 3. The molecule has 242 valence electrons. The van der Waals surface area contributed by atoms with Crippen molar-refractivity contribution in [2.24, 2.45) is 5.92 Å². The fraction of sp³-hybridized carbons (Fsp3) is 0.394. The van der Waals surface area contributed by atoms with E-state index in [2.05, 4.69) is 6.58 Å². The van der Waals surface area contributed by atoms with Gasteiger partial charge in [-0.25, -0.2) is 9.59 Å². The summed E-state index contributed by atoms with van der Waals surface area (Å²) in [5.74, 6) is -1.06. The molecule has 0 radical (unpaired) electrons. The molecule has 2 aromatic heterocycles. The normalized spacial score (nSPS) is 32.1. The van der Waals surface area contributed by atoms with Gasteiger partial charge in [0.2, 0.25) is 6.29 Å². The Hall–Kier alpha value is -4.08. The van der Waals surface area contributed by atoms with E-state index < -0.39 is 78.2 Å². The summed E-state index contributed by atoms with van der Waals surface area (Å²) in [6, 6.07) is 7.62. The monoisotopic (exact) mass is 636 g/mol. The van der Waals surface area contributed by atoms with Gasteiger partial charge in [0.25, 0.3) is 0 Å². The van der Waals surface area contributed by atoms with Crippen LogP contribution in [0.1, 0.15) is 26.3 Å². The fourth-order valence-electron chi connectivity index (χ4n) is 6.53. The molecule has 2 aliphatic heterocycles. The van der Waals surface area contributed by atoms with E-state index >= 15 is 0 Å². The van der Waals surface area contributed by atoms with E-state index in [4.69, 9.17) is 27.8 Å². The fourth-order valence-corrected chi connectivity index (χ4v) is 6.53. The Bertz CT molecular complexity index is 2100. The van der Waals surface area contributed by atoms with Crippen molar-refractivity contribution in [3.05, 3.63) is 63.3 Å². The molecule has 0 spiro atoms. The first-order valence-electron chi connectivity index (χ1n) is 14.8. The highest BCUT2D eigenvalue weighted by atomic mass is 16.8. The Morgan fingerprint density at radius 1 is 0.783 bits per heavy atom. The first kappa shape index (κ1) is 30.6. The van der Waals surface area contributed by atoms with E-state index in [0.29, 0.717) is 5.56 Å². The van der Waals surface area contributed by atoms with E-state index in [1.54, 1.807) is 19.9 Å². The standard InChI is InChI=1S/C33H32O13/c1-5-14-9-16-19-18(10-14)43-31(40)22-21(19)28(45-30(16)39)20-15(26(22)37)7-6-8-17(20)44-33-29(27(38)25(36)13(4)42-33)46-32-24(35)11(2)23(34)12(3)41-32/h5-13,23-25,27,29,32-38H,1H2,2-4H3/t11?,12?,13?,23-,24-,25+,27+,29?,32-,33+/m1/s1. The minimum atomic E-state index is -1.57. The summed E-state index contributed by atoms with van der Waals surface area (Å²) in [5, 5.41) is 54.8. The van der Waals surface area contributed by atoms with Gasteiger partial charge in [-0.3, -0.25) is 0 Å². The predicted molar refractivity (Wildman–Crippen MR) is 164 cm³/mol. The highest BCUT2D eigenvalue weighted by Crippen LogP contribution is 2.45. The highest BCUT2D eigenvalue weighted by Gasteiger charge is 2.49. The van der Waals surface area contributed by atoms with Gasteiger partial charge in [-0.15, -0.1) is 0 Å². The first-order valence-corrected chi connectivity index (χ1v) is 14.8. The van der Waals surface area contributed by atoms with Crippen LogP contribution < -0.4 is 16.0 Å². The lowest BCUT2D eigenvalue weighted by Gasteiger charge is -2.45. The zero-order valence-corrected chi connectivity index (χ0v) is 24.9. The molecule has 7 rings (SSSR count). The van der Waals surface area contributed by atoms with Crippen molar-refractivity contribution in [3.63, 3.8) is 0 Å². The highest BCUT2D eigenvalue weighted by molar-refractivity contribution is 6.28. The molecule has 10 atom stereocenters. The molecule has 46 heavy (non-hydrogen) atoms. The second kappa shape index (κ2) is 11.0. The number of rotatable bonds is 5. The number of phenols is 1. The molecule has 2 aliphatic rings. The Balaban J connectivity index is 1.40. The van der Waals surface area contributed by atoms with Gasteiger partial charge in [0.05, 0.1) is 29.1 Å². The van der Waals surface area contributed by atoms with Crippen molar-refractivity contribution in [1.82, 2.24) is 0 Å². The molecule has 5 aromatic rings. The van der Waals surface area contributed by atoms with Crippen LogP contribution in [0, 0.1) is 5.92 Å². The van der Waals surface area contributed by atoms with Gasteiger partial charge in [-0.05, 0) is 37.6 Å². The quantitative estimate of drug-likeness (QED) is 0.107. The molecule has 4 heterocycles. The smallest absolute Gasteiger partial charge is 0.348 e. The van der Waals surface area contributed by atoms with Crippen LogP contribution in [0.5, 0.6) is 11.5 Å². The minimum absolute atomic E-state index is 0.0155. The zero-order chi connectivity index (χ0) is 32.8. The minimum Gasteiger partial charge on any atom is -0.506 e. The molecule has 0 saturated carbocycles. The average Bonchev–Trinajstić information content (AvgIpc) is 3.03. The second-order valence-electron chi connectivity index (χ2n) is 12.0. The average molecular weight is 637 g/mol. The lowest BCUT2D eigenvalue weighted by Crippen LogP contribution is -2.62. The summed E-state index contributed by atoms with van der Waals surface area (Å²) in [6.45, 7) is 8.46. The van der Waals surface area contributed by atoms with Gasteiger partial charge in [-0.1, -0.05) is 31.7 Å². The molecular formula is C33H32O13. The van der Waals surface area contributed by atoms with E-state index in [-0.39, 0.29) is 49.2 Å². The SMILES string of the molecule is C=Cc1cc2oc(=O)c3c(O)c4cccc(O[C@@H]5OC(C)[C@H](O)[C@H](O)C5O[C@H]5OC(C)[C@H](O)C(C)[C@H]5O)c4c4oc(=O)c(c1)c2c34. The molecule has 5 N–H and O–H groups in total. The Labute approximate surface area is 259 Å². The van der Waals surface area contributed by atoms with Crippen LogP contribution in [0.3, 0.4) is 0 Å². The van der Waals surface area contributed by atoms with E-state index in [1.165, 1.54) is 37.3 Å². The molecule has 2 saturated heterocycles. The van der Waals surface area contributed by atoms with Crippen molar-refractivity contribution in [2.75, 3.05) is 0 Å². The molecular weight excluding hydrogens is 604 g/mol. The maximum absolute atomic E-state index is 13.4. The molecule has 2 fully saturated rings. The number of aliphatic hydroxyl groups is 4. The van der Waals surface area contributed by atoms with E-state index in [0.717, 1.165) is 0 Å².